The van der Waals surface area contributed by atoms with E-state index in [1.807, 2.05) is 42.2 Å². The summed E-state index contributed by atoms with van der Waals surface area (Å²) in [6.07, 6.45) is 9.67. The maximum atomic E-state index is 14.7. The number of benzene rings is 2. The van der Waals surface area contributed by atoms with E-state index in [9.17, 15) is 24.3 Å². The number of allylic oxidation sites excluding steroid dienone is 2. The number of nitrogens with one attached hydrogen (secondary N) is 2. The number of nitrogens with zero attached hydrogens (tertiary/aromatic N) is 5. The van der Waals surface area contributed by atoms with Crippen molar-refractivity contribution in [1.29, 1.82) is 5.26 Å². The Labute approximate surface area is 321 Å². The van der Waals surface area contributed by atoms with Crippen molar-refractivity contribution < 1.29 is 28.2 Å². The lowest BCUT2D eigenvalue weighted by atomic mass is 9.81. The van der Waals surface area contributed by atoms with Gasteiger partial charge in [-0.05, 0) is 79.8 Å². The number of hydrogen-bond acceptors (Lipinski definition) is 10. The van der Waals surface area contributed by atoms with Crippen LogP contribution in [0.1, 0.15) is 62.7 Å². The van der Waals surface area contributed by atoms with Crippen LogP contribution in [0.25, 0.3) is 16.7 Å². The normalized spacial score (nSPS) is 19.5. The van der Waals surface area contributed by atoms with Crippen molar-refractivity contribution in [3.8, 4) is 11.8 Å². The number of ether oxygens (including phenoxy) is 1. The van der Waals surface area contributed by atoms with E-state index in [4.69, 9.17) is 25.7 Å². The van der Waals surface area contributed by atoms with E-state index in [-0.39, 0.29) is 47.2 Å². The number of nitriles is 1. The van der Waals surface area contributed by atoms with Gasteiger partial charge in [-0.1, -0.05) is 36.4 Å². The largest absolute Gasteiger partial charge is 0.496 e. The molecular weight excluding hydrogens is 725 g/mol. The number of anilines is 1. The number of pyridine rings is 2. The Hall–Kier alpha value is -6.10. The number of amides is 1. The van der Waals surface area contributed by atoms with Gasteiger partial charge in [-0.2, -0.15) is 5.26 Å². The van der Waals surface area contributed by atoms with Crippen LogP contribution in [0.3, 0.4) is 0 Å². The van der Waals surface area contributed by atoms with E-state index < -0.39 is 34.7 Å². The highest BCUT2D eigenvalue weighted by Crippen LogP contribution is 2.43. The van der Waals surface area contributed by atoms with Gasteiger partial charge in [0.25, 0.3) is 5.91 Å². The van der Waals surface area contributed by atoms with Gasteiger partial charge in [-0.25, -0.2) is 9.37 Å². The zero-order chi connectivity index (χ0) is 38.9. The number of aliphatic carboxylic acids is 1. The van der Waals surface area contributed by atoms with Gasteiger partial charge < -0.3 is 24.9 Å². The minimum absolute atomic E-state index is 0.0150. The molecule has 4 heterocycles. The van der Waals surface area contributed by atoms with Crippen LogP contribution < -0.4 is 15.4 Å². The number of aryl methyl sites for hydroxylation is 2. The average Bonchev–Trinajstić information content (AvgIpc) is 3.84. The molecule has 2 aliphatic rings. The van der Waals surface area contributed by atoms with Gasteiger partial charge in [-0.15, -0.1) is 11.6 Å². The van der Waals surface area contributed by atoms with Gasteiger partial charge in [-0.3, -0.25) is 24.5 Å². The molecule has 2 aromatic carbocycles. The molecule has 0 radical (unpaired) electrons. The summed E-state index contributed by atoms with van der Waals surface area (Å²) in [6.45, 7) is 4.61. The lowest BCUT2D eigenvalue weighted by molar-refractivity contribution is -0.142. The highest BCUT2D eigenvalue weighted by atomic mass is 35.5. The summed E-state index contributed by atoms with van der Waals surface area (Å²) in [5.41, 5.74) is 3.45. The quantitative estimate of drug-likeness (QED) is 0.121. The Morgan fingerprint density at radius 3 is 2.78 bits per heavy atom. The van der Waals surface area contributed by atoms with Crippen LogP contribution in [0.4, 0.5) is 10.1 Å². The summed E-state index contributed by atoms with van der Waals surface area (Å²) >= 11 is 7.43. The van der Waals surface area contributed by atoms with Gasteiger partial charge in [0, 0.05) is 37.1 Å². The standard InChI is InChI=1S/C41H37ClFN7O5/c1-23-8-4-5-9-28(23)29-10-6-13-41(37(29)42,49-38(51)32-18-34(54-3)27(21-47-32)22-50-15-7-11-33(50)39(52)53)40-48-31-17-25(16-26(19-44)36(31)55-40)20-46-30-12-14-45-24(2)35(30)43/h4-6,8-10,12-14,16-18,21,33,37H,7,11,15,20,22H2,1-3H3,(H,45,46)(H,49,51)(H,52,53)/t33-,37?,41?/m0/s1. The number of carbonyl (C=O) groups excluding carboxylic acids is 1. The minimum atomic E-state index is -1.58. The fourth-order valence-corrected chi connectivity index (χ4v) is 7.59. The minimum Gasteiger partial charge on any atom is -0.496 e. The molecule has 14 heteroatoms. The first kappa shape index (κ1) is 37.2. The van der Waals surface area contributed by atoms with Crippen molar-refractivity contribution in [2.45, 2.75) is 56.7 Å². The van der Waals surface area contributed by atoms with Crippen molar-refractivity contribution in [3.63, 3.8) is 0 Å². The molecule has 3 aromatic heterocycles. The Bertz CT molecular complexity index is 2420. The number of aromatic nitrogens is 3. The van der Waals surface area contributed by atoms with Crippen LogP contribution in [0.5, 0.6) is 5.75 Å². The molecule has 3 atom stereocenters. The zero-order valence-electron chi connectivity index (χ0n) is 30.3. The van der Waals surface area contributed by atoms with E-state index in [0.717, 1.165) is 17.5 Å². The Balaban J connectivity index is 1.26. The van der Waals surface area contributed by atoms with Crippen molar-refractivity contribution in [2.75, 3.05) is 19.0 Å². The number of carboxylic acid groups (broad SMARTS) is 1. The highest BCUT2D eigenvalue weighted by molar-refractivity contribution is 6.28. The Kier molecular flexibility index (Phi) is 10.4. The van der Waals surface area contributed by atoms with Gasteiger partial charge in [0.1, 0.15) is 29.1 Å². The second-order valence-corrected chi connectivity index (χ2v) is 14.0. The van der Waals surface area contributed by atoms with Gasteiger partial charge >= 0.3 is 5.97 Å². The smallest absolute Gasteiger partial charge is 0.320 e. The molecule has 1 aliphatic heterocycles. The number of halogens is 2. The predicted octanol–water partition coefficient (Wildman–Crippen LogP) is 6.80. The first-order valence-corrected chi connectivity index (χ1v) is 18.1. The highest BCUT2D eigenvalue weighted by Gasteiger charge is 2.47. The molecule has 3 N–H and O–H groups in total. The molecule has 280 valence electrons. The maximum Gasteiger partial charge on any atom is 0.320 e. The van der Waals surface area contributed by atoms with Crippen LogP contribution in [0, 0.1) is 31.0 Å². The third kappa shape index (κ3) is 7.14. The molecule has 0 saturated carbocycles. The van der Waals surface area contributed by atoms with Crippen LogP contribution in [-0.4, -0.2) is 61.9 Å². The Morgan fingerprint density at radius 1 is 1.20 bits per heavy atom. The van der Waals surface area contributed by atoms with Crippen molar-refractivity contribution in [3.05, 3.63) is 130 Å². The van der Waals surface area contributed by atoms with Crippen LogP contribution in [0.15, 0.2) is 83.6 Å². The monoisotopic (exact) mass is 761 g/mol. The first-order chi connectivity index (χ1) is 26.5. The molecule has 12 nitrogen and oxygen atoms in total. The lowest BCUT2D eigenvalue weighted by Gasteiger charge is -2.36. The second kappa shape index (κ2) is 15.3. The number of oxazole rings is 1. The molecule has 5 aromatic rings. The second-order valence-electron chi connectivity index (χ2n) is 13.6. The topological polar surface area (TPSA) is 166 Å². The average molecular weight is 762 g/mol. The lowest BCUT2D eigenvalue weighted by Crippen LogP contribution is -2.52. The Morgan fingerprint density at radius 2 is 2.02 bits per heavy atom. The van der Waals surface area contributed by atoms with E-state index in [1.54, 1.807) is 31.2 Å². The summed E-state index contributed by atoms with van der Waals surface area (Å²) in [7, 11) is 1.47. The first-order valence-electron chi connectivity index (χ1n) is 17.6. The number of fused-ring (bicyclic) bond motifs is 1. The molecule has 55 heavy (non-hydrogen) atoms. The molecule has 0 bridgehead atoms. The van der Waals surface area contributed by atoms with E-state index in [0.29, 0.717) is 40.9 Å². The maximum absolute atomic E-state index is 14.7. The van der Waals surface area contributed by atoms with E-state index in [2.05, 4.69) is 26.7 Å². The van der Waals surface area contributed by atoms with E-state index >= 15 is 0 Å². The third-order valence-corrected chi connectivity index (χ3v) is 10.7. The van der Waals surface area contributed by atoms with E-state index in [1.165, 1.54) is 31.6 Å². The van der Waals surface area contributed by atoms with Crippen LogP contribution in [-0.2, 0) is 23.4 Å². The summed E-state index contributed by atoms with van der Waals surface area (Å²) in [6, 6.07) is 15.7. The molecule has 2 unspecified atom stereocenters. The van der Waals surface area contributed by atoms with Crippen LogP contribution in [0.2, 0.25) is 0 Å². The number of carbonyl (C=O) groups is 2. The molecule has 1 fully saturated rings. The zero-order valence-corrected chi connectivity index (χ0v) is 31.0. The summed E-state index contributed by atoms with van der Waals surface area (Å²) in [5.74, 6) is -1.57. The molecule has 1 amide bonds. The number of carboxylic acids is 1. The van der Waals surface area contributed by atoms with Crippen LogP contribution >= 0.6 is 11.6 Å². The number of likely N-dealkylation sites (tertiary alicyclic amines) is 1. The number of methoxy groups -OCH3 is 1. The van der Waals surface area contributed by atoms with Gasteiger partial charge in [0.2, 0.25) is 5.89 Å². The van der Waals surface area contributed by atoms with Gasteiger partial charge in [0.05, 0.1) is 29.4 Å². The number of hydrogen-bond donors (Lipinski definition) is 3. The third-order valence-electron chi connectivity index (χ3n) is 10.1. The number of alkyl halides is 1. The molecular formula is C41H37ClFN7O5. The summed E-state index contributed by atoms with van der Waals surface area (Å²) in [4.78, 5) is 41.2. The van der Waals surface area contributed by atoms with Crippen molar-refractivity contribution in [1.82, 2.24) is 25.2 Å². The summed E-state index contributed by atoms with van der Waals surface area (Å²) in [5, 5.41) is 25.0. The summed E-state index contributed by atoms with van der Waals surface area (Å²) < 4.78 is 26.7. The van der Waals surface area contributed by atoms with Crippen molar-refractivity contribution >= 4 is 45.8 Å². The van der Waals surface area contributed by atoms with Crippen molar-refractivity contribution in [2.24, 2.45) is 0 Å². The molecule has 0 spiro atoms. The fourth-order valence-electron chi connectivity index (χ4n) is 7.18. The SMILES string of the molecule is COc1cc(C(=O)NC2(c3nc4cc(CNc5ccnc(C)c5F)cc(C#N)c4o3)C=CC=C(c3ccccc3C)C2Cl)ncc1CN1CCC[C@H]1C(=O)O. The fraction of sp³-hybridized carbons (Fsp3) is 0.268. The molecule has 1 saturated heterocycles. The van der Waals surface area contributed by atoms with Gasteiger partial charge in [0.15, 0.2) is 16.9 Å². The molecule has 1 aliphatic carbocycles. The number of rotatable bonds is 11. The predicted molar refractivity (Wildman–Crippen MR) is 204 cm³/mol. The molecule has 7 rings (SSSR count).